The molecule has 0 bridgehead atoms. The van der Waals surface area contributed by atoms with Gasteiger partial charge in [-0.1, -0.05) is 0 Å². The van der Waals surface area contributed by atoms with Crippen LogP contribution in [-0.2, 0) is 11.8 Å². The van der Waals surface area contributed by atoms with E-state index in [-0.39, 0.29) is 19.1 Å². The molecule has 9 heteroatoms. The molecule has 28 heavy (non-hydrogen) atoms. The van der Waals surface area contributed by atoms with E-state index >= 15 is 0 Å². The number of ether oxygens (including phenoxy) is 1. The summed E-state index contributed by atoms with van der Waals surface area (Å²) >= 11 is 3.41. The first-order valence-corrected chi connectivity index (χ1v) is 9.84. The van der Waals surface area contributed by atoms with Gasteiger partial charge >= 0.3 is 0 Å². The topological polar surface area (TPSA) is 62.6 Å². The van der Waals surface area contributed by atoms with Crippen LogP contribution in [0.25, 0.3) is 0 Å². The summed E-state index contributed by atoms with van der Waals surface area (Å²) in [4.78, 5) is 21.5. The van der Waals surface area contributed by atoms with Gasteiger partial charge in [0, 0.05) is 57.0 Å². The lowest BCUT2D eigenvalue weighted by atomic mass is 10.1. The predicted molar refractivity (Wildman–Crippen MR) is 122 cm³/mol. The number of halogens is 1. The number of aromatic nitrogens is 2. The fourth-order valence-electron chi connectivity index (χ4n) is 3.37. The van der Waals surface area contributed by atoms with E-state index in [1.807, 2.05) is 12.3 Å². The highest BCUT2D eigenvalue weighted by Crippen LogP contribution is 2.22. The third-order valence-electron chi connectivity index (χ3n) is 4.82. The van der Waals surface area contributed by atoms with E-state index in [1.165, 1.54) is 4.57 Å². The molecule has 0 spiro atoms. The van der Waals surface area contributed by atoms with Gasteiger partial charge in [0.15, 0.2) is 0 Å². The van der Waals surface area contributed by atoms with Gasteiger partial charge in [-0.05, 0) is 41.1 Å². The van der Waals surface area contributed by atoms with E-state index in [0.717, 1.165) is 42.9 Å². The Kier molecular flexibility index (Phi) is 8.36. The molecular weight excluding hydrogens is 442 g/mol. The lowest BCUT2D eigenvalue weighted by molar-refractivity contribution is 0.136. The van der Waals surface area contributed by atoms with Crippen molar-refractivity contribution in [1.29, 1.82) is 0 Å². The highest BCUT2D eigenvalue weighted by molar-refractivity contribution is 9.10. The highest BCUT2D eigenvalue weighted by atomic mass is 79.9. The molecule has 1 fully saturated rings. The van der Waals surface area contributed by atoms with Crippen LogP contribution in [0.2, 0.25) is 0 Å². The maximum absolute atomic E-state index is 12.2. The highest BCUT2D eigenvalue weighted by Gasteiger charge is 2.23. The Labute approximate surface area is 181 Å². The van der Waals surface area contributed by atoms with Crippen LogP contribution in [0.5, 0.6) is 0 Å². The fraction of sp³-hybridized carbons (Fsp3) is 0.474. The first-order valence-electron chi connectivity index (χ1n) is 9.05. The largest absolute Gasteiger partial charge is 0.383 e. The molecule has 0 saturated carbocycles. The van der Waals surface area contributed by atoms with Gasteiger partial charge < -0.3 is 19.5 Å². The lowest BCUT2D eigenvalue weighted by Gasteiger charge is -2.41. The normalized spacial score (nSPS) is 17.3. The maximum Gasteiger partial charge on any atom is 0.274 e. The second-order valence-corrected chi connectivity index (χ2v) is 7.77. The van der Waals surface area contributed by atoms with E-state index in [0.29, 0.717) is 17.5 Å². The average Bonchev–Trinajstić information content (AvgIpc) is 2.65. The summed E-state index contributed by atoms with van der Waals surface area (Å²) in [5, 5.41) is 3.11. The minimum Gasteiger partial charge on any atom is -0.383 e. The van der Waals surface area contributed by atoms with Crippen molar-refractivity contribution in [1.82, 2.24) is 14.5 Å². The number of methoxy groups -OCH3 is 1. The number of nitrogens with one attached hydrogen (secondary N) is 1. The Balaban J connectivity index is 0.00000280. The van der Waals surface area contributed by atoms with Gasteiger partial charge in [-0.15, -0.1) is 0 Å². The zero-order valence-corrected chi connectivity index (χ0v) is 19.1. The Morgan fingerprint density at radius 1 is 1.36 bits per heavy atom. The van der Waals surface area contributed by atoms with E-state index in [2.05, 4.69) is 49.0 Å². The van der Waals surface area contributed by atoms with E-state index in [9.17, 15) is 4.79 Å². The monoisotopic (exact) mass is 469 g/mol. The van der Waals surface area contributed by atoms with Gasteiger partial charge in [0.25, 0.3) is 5.56 Å². The molecule has 154 valence electrons. The smallest absolute Gasteiger partial charge is 0.274 e. The molecule has 2 aromatic heterocycles. The van der Waals surface area contributed by atoms with Gasteiger partial charge in [0.05, 0.1) is 18.5 Å². The SMILES string of the molecule is COCCN1CCN(c2ccc(Nc3cc(Br)cn(C)c3=O)nc2)[C@@H](C)C1.S. The number of hydrogen-bond acceptors (Lipinski definition) is 6. The zero-order valence-electron chi connectivity index (χ0n) is 16.5. The van der Waals surface area contributed by atoms with Crippen molar-refractivity contribution in [3.63, 3.8) is 0 Å². The molecular formula is C19H28BrN5O2S. The first kappa shape index (κ1) is 22.7. The Bertz CT molecular complexity index is 830. The average molecular weight is 470 g/mol. The van der Waals surface area contributed by atoms with Crippen molar-refractivity contribution in [3.8, 4) is 0 Å². The van der Waals surface area contributed by atoms with Gasteiger partial charge in [-0.3, -0.25) is 9.69 Å². The van der Waals surface area contributed by atoms with Crippen molar-refractivity contribution in [2.45, 2.75) is 13.0 Å². The number of anilines is 3. The summed E-state index contributed by atoms with van der Waals surface area (Å²) in [6, 6.07) is 6.14. The lowest BCUT2D eigenvalue weighted by Crippen LogP contribution is -2.52. The molecule has 0 unspecified atom stereocenters. The van der Waals surface area contributed by atoms with Crippen LogP contribution in [0.3, 0.4) is 0 Å². The molecule has 7 nitrogen and oxygen atoms in total. The molecule has 2 aromatic rings. The molecule has 1 saturated heterocycles. The number of piperazine rings is 1. The van der Waals surface area contributed by atoms with E-state index in [1.54, 1.807) is 26.4 Å². The predicted octanol–water partition coefficient (Wildman–Crippen LogP) is 2.56. The third kappa shape index (κ3) is 5.50. The summed E-state index contributed by atoms with van der Waals surface area (Å²) in [6.07, 6.45) is 3.60. The van der Waals surface area contributed by atoms with Crippen LogP contribution in [0.4, 0.5) is 17.2 Å². The molecule has 0 amide bonds. The summed E-state index contributed by atoms with van der Waals surface area (Å²) < 4.78 is 7.55. The molecule has 1 aliphatic rings. The maximum atomic E-state index is 12.2. The summed E-state index contributed by atoms with van der Waals surface area (Å²) in [5.74, 6) is 0.653. The standard InChI is InChI=1S/C19H26BrN5O2.H2S/c1-14-12-24(8-9-27-3)6-7-25(14)16-4-5-18(21-11-16)22-17-10-15(20)13-23(2)19(17)26;/h4-5,10-11,13-14H,6-9,12H2,1-3H3,(H,21,22);1H2/t14-;/m0./s1. The minimum atomic E-state index is -0.0927. The molecule has 0 aromatic carbocycles. The Morgan fingerprint density at radius 3 is 2.79 bits per heavy atom. The van der Waals surface area contributed by atoms with Crippen LogP contribution in [0.1, 0.15) is 6.92 Å². The van der Waals surface area contributed by atoms with Crippen LogP contribution < -0.4 is 15.8 Å². The van der Waals surface area contributed by atoms with Crippen molar-refractivity contribution in [2.75, 3.05) is 50.1 Å². The van der Waals surface area contributed by atoms with Gasteiger partial charge in [-0.25, -0.2) is 4.98 Å². The molecule has 1 aliphatic heterocycles. The van der Waals surface area contributed by atoms with Crippen molar-refractivity contribution >= 4 is 46.6 Å². The number of nitrogens with zero attached hydrogens (tertiary/aromatic N) is 4. The van der Waals surface area contributed by atoms with Gasteiger partial charge in [0.2, 0.25) is 0 Å². The number of rotatable bonds is 6. The van der Waals surface area contributed by atoms with Gasteiger partial charge in [0.1, 0.15) is 11.5 Å². The van der Waals surface area contributed by atoms with Crippen LogP contribution in [0, 0.1) is 0 Å². The molecule has 0 aliphatic carbocycles. The quantitative estimate of drug-likeness (QED) is 0.701. The zero-order chi connectivity index (χ0) is 19.4. The summed E-state index contributed by atoms with van der Waals surface area (Å²) in [5.41, 5.74) is 1.50. The number of hydrogen-bond donors (Lipinski definition) is 1. The third-order valence-corrected chi connectivity index (χ3v) is 5.25. The van der Waals surface area contributed by atoms with E-state index in [4.69, 9.17) is 4.74 Å². The molecule has 0 radical (unpaired) electrons. The first-order chi connectivity index (χ1) is 13.0. The van der Waals surface area contributed by atoms with Gasteiger partial charge in [-0.2, -0.15) is 13.5 Å². The number of aryl methyl sites for hydroxylation is 1. The van der Waals surface area contributed by atoms with Crippen molar-refractivity contribution in [3.05, 3.63) is 45.4 Å². The molecule has 1 atom stereocenters. The summed E-state index contributed by atoms with van der Waals surface area (Å²) in [7, 11) is 3.47. The van der Waals surface area contributed by atoms with Crippen LogP contribution in [0.15, 0.2) is 39.9 Å². The molecule has 3 rings (SSSR count). The van der Waals surface area contributed by atoms with Crippen LogP contribution in [-0.4, -0.2) is 60.4 Å². The molecule has 3 heterocycles. The Hall–Kier alpha value is -1.55. The number of pyridine rings is 2. The second kappa shape index (κ2) is 10.3. The van der Waals surface area contributed by atoms with Crippen molar-refractivity contribution in [2.24, 2.45) is 7.05 Å². The summed E-state index contributed by atoms with van der Waals surface area (Å²) in [6.45, 7) is 6.96. The van der Waals surface area contributed by atoms with Crippen molar-refractivity contribution < 1.29 is 4.74 Å². The fourth-order valence-corrected chi connectivity index (χ4v) is 3.90. The Morgan fingerprint density at radius 2 is 2.14 bits per heavy atom. The van der Waals surface area contributed by atoms with Crippen LogP contribution >= 0.6 is 29.4 Å². The minimum absolute atomic E-state index is 0. The van der Waals surface area contributed by atoms with E-state index < -0.39 is 0 Å². The molecule has 1 N–H and O–H groups in total. The second-order valence-electron chi connectivity index (χ2n) is 6.85.